The molecular weight excluding hydrogens is 174 g/mol. The zero-order valence-electron chi connectivity index (χ0n) is 9.05. The second-order valence-electron chi connectivity index (χ2n) is 3.89. The molecule has 1 aromatic heterocycles. The molecule has 1 N–H and O–H groups in total. The van der Waals surface area contributed by atoms with Gasteiger partial charge in [-0.05, 0) is 18.7 Å². The van der Waals surface area contributed by atoms with Crippen molar-refractivity contribution in [3.05, 3.63) is 36.8 Å². The van der Waals surface area contributed by atoms with Crippen LogP contribution >= 0.6 is 0 Å². The van der Waals surface area contributed by atoms with E-state index in [0.717, 1.165) is 25.3 Å². The molecule has 78 valence electrons. The van der Waals surface area contributed by atoms with E-state index in [9.17, 15) is 0 Å². The molecule has 0 aliphatic carbocycles. The predicted molar refractivity (Wildman–Crippen MR) is 59.3 cm³/mol. The average Bonchev–Trinajstić information content (AvgIpc) is 2.67. The van der Waals surface area contributed by atoms with E-state index in [1.807, 2.05) is 18.2 Å². The van der Waals surface area contributed by atoms with Crippen molar-refractivity contribution >= 4 is 0 Å². The van der Waals surface area contributed by atoms with Crippen molar-refractivity contribution in [3.8, 4) is 0 Å². The van der Waals surface area contributed by atoms with Crippen molar-refractivity contribution in [1.29, 1.82) is 0 Å². The topological polar surface area (TPSA) is 25.2 Å². The van der Waals surface area contributed by atoms with E-state index in [2.05, 4.69) is 25.7 Å². The first-order valence-corrected chi connectivity index (χ1v) is 5.07. The normalized spacial score (nSPS) is 15.0. The fourth-order valence-electron chi connectivity index (χ4n) is 1.43. The number of hydrogen-bond donors (Lipinski definition) is 1. The van der Waals surface area contributed by atoms with E-state index in [1.54, 1.807) is 6.26 Å². The summed E-state index contributed by atoms with van der Waals surface area (Å²) >= 11 is 0. The van der Waals surface area contributed by atoms with Crippen LogP contribution in [0.2, 0.25) is 0 Å². The molecule has 0 amide bonds. The molecular formula is C12H19NO. The first-order chi connectivity index (χ1) is 6.70. The smallest absolute Gasteiger partial charge is 0.104 e. The van der Waals surface area contributed by atoms with Crippen molar-refractivity contribution < 1.29 is 4.42 Å². The van der Waals surface area contributed by atoms with Gasteiger partial charge in [-0.3, -0.25) is 0 Å². The van der Waals surface area contributed by atoms with Crippen LogP contribution in [0.1, 0.15) is 19.6 Å². The van der Waals surface area contributed by atoms with Gasteiger partial charge in [0.15, 0.2) is 0 Å². The Hall–Kier alpha value is -1.02. The van der Waals surface area contributed by atoms with Crippen molar-refractivity contribution in [2.45, 2.75) is 20.3 Å². The van der Waals surface area contributed by atoms with Crippen LogP contribution in [0, 0.1) is 5.41 Å². The third-order valence-corrected chi connectivity index (χ3v) is 2.43. The van der Waals surface area contributed by atoms with Gasteiger partial charge >= 0.3 is 0 Å². The average molecular weight is 193 g/mol. The highest BCUT2D eigenvalue weighted by Gasteiger charge is 2.21. The standard InChI is InChI=1S/C12H19NO/c1-4-12(3,10-13-5-2)9-11-7-6-8-14-11/h4,6-8,13H,1,5,9-10H2,2-3H3. The monoisotopic (exact) mass is 193 g/mol. The molecule has 0 bridgehead atoms. The van der Waals surface area contributed by atoms with Gasteiger partial charge in [0.2, 0.25) is 0 Å². The van der Waals surface area contributed by atoms with E-state index in [1.165, 1.54) is 0 Å². The first-order valence-electron chi connectivity index (χ1n) is 5.07. The van der Waals surface area contributed by atoms with Crippen LogP contribution in [-0.2, 0) is 6.42 Å². The maximum absolute atomic E-state index is 5.34. The fraction of sp³-hybridized carbons (Fsp3) is 0.500. The molecule has 0 spiro atoms. The molecule has 0 fully saturated rings. The molecule has 0 aliphatic heterocycles. The van der Waals surface area contributed by atoms with Crippen molar-refractivity contribution in [2.75, 3.05) is 13.1 Å². The van der Waals surface area contributed by atoms with E-state index >= 15 is 0 Å². The quantitative estimate of drug-likeness (QED) is 0.702. The zero-order chi connectivity index (χ0) is 10.4. The summed E-state index contributed by atoms with van der Waals surface area (Å²) in [6.07, 6.45) is 4.61. The molecule has 0 aromatic carbocycles. The van der Waals surface area contributed by atoms with Crippen molar-refractivity contribution in [1.82, 2.24) is 5.32 Å². The Bertz CT molecular complexity index is 266. The van der Waals surface area contributed by atoms with Gasteiger partial charge < -0.3 is 9.73 Å². The molecule has 0 saturated carbocycles. The molecule has 0 radical (unpaired) electrons. The molecule has 0 saturated heterocycles. The number of hydrogen-bond acceptors (Lipinski definition) is 2. The summed E-state index contributed by atoms with van der Waals surface area (Å²) in [5, 5.41) is 3.34. The highest BCUT2D eigenvalue weighted by Crippen LogP contribution is 2.23. The van der Waals surface area contributed by atoms with Crippen LogP contribution in [0.15, 0.2) is 35.5 Å². The third kappa shape index (κ3) is 3.04. The number of nitrogens with one attached hydrogen (secondary N) is 1. The lowest BCUT2D eigenvalue weighted by atomic mass is 9.86. The summed E-state index contributed by atoms with van der Waals surface area (Å²) in [7, 11) is 0. The number of furan rings is 1. The van der Waals surface area contributed by atoms with Crippen molar-refractivity contribution in [2.24, 2.45) is 5.41 Å². The van der Waals surface area contributed by atoms with E-state index < -0.39 is 0 Å². The van der Waals surface area contributed by atoms with Gasteiger partial charge in [-0.2, -0.15) is 0 Å². The third-order valence-electron chi connectivity index (χ3n) is 2.43. The summed E-state index contributed by atoms with van der Waals surface area (Å²) in [5.74, 6) is 1.02. The lowest BCUT2D eigenvalue weighted by Crippen LogP contribution is -2.31. The fourth-order valence-corrected chi connectivity index (χ4v) is 1.43. The van der Waals surface area contributed by atoms with E-state index in [4.69, 9.17) is 4.42 Å². The molecule has 2 nitrogen and oxygen atoms in total. The summed E-state index contributed by atoms with van der Waals surface area (Å²) in [6.45, 7) is 10.1. The maximum atomic E-state index is 5.34. The summed E-state index contributed by atoms with van der Waals surface area (Å²) in [5.41, 5.74) is 0.0772. The van der Waals surface area contributed by atoms with E-state index in [-0.39, 0.29) is 5.41 Å². The maximum Gasteiger partial charge on any atom is 0.104 e. The first kappa shape index (κ1) is 11.1. The van der Waals surface area contributed by atoms with Gasteiger partial charge in [0, 0.05) is 18.4 Å². The lowest BCUT2D eigenvalue weighted by Gasteiger charge is -2.24. The second-order valence-corrected chi connectivity index (χ2v) is 3.89. The SMILES string of the molecule is C=CC(C)(CNCC)Cc1ccco1. The molecule has 1 aromatic rings. The van der Waals surface area contributed by atoms with Crippen LogP contribution in [0.3, 0.4) is 0 Å². The van der Waals surface area contributed by atoms with Gasteiger partial charge in [0.1, 0.15) is 5.76 Å². The highest BCUT2D eigenvalue weighted by molar-refractivity contribution is 5.06. The zero-order valence-corrected chi connectivity index (χ0v) is 9.05. The van der Waals surface area contributed by atoms with Crippen LogP contribution < -0.4 is 5.32 Å². The molecule has 1 heterocycles. The number of rotatable bonds is 6. The summed E-state index contributed by atoms with van der Waals surface area (Å²) in [6, 6.07) is 3.93. The Kier molecular flexibility index (Phi) is 3.96. The summed E-state index contributed by atoms with van der Waals surface area (Å²) in [4.78, 5) is 0. The van der Waals surface area contributed by atoms with Crippen LogP contribution in [0.25, 0.3) is 0 Å². The minimum Gasteiger partial charge on any atom is -0.469 e. The molecule has 14 heavy (non-hydrogen) atoms. The highest BCUT2D eigenvalue weighted by atomic mass is 16.3. The van der Waals surface area contributed by atoms with Gasteiger partial charge in [0.05, 0.1) is 6.26 Å². The largest absolute Gasteiger partial charge is 0.469 e. The minimum atomic E-state index is 0.0772. The van der Waals surface area contributed by atoms with Crippen LogP contribution in [0.5, 0.6) is 0 Å². The molecule has 1 unspecified atom stereocenters. The summed E-state index contributed by atoms with van der Waals surface area (Å²) < 4.78 is 5.34. The Labute approximate surface area is 86.0 Å². The Morgan fingerprint density at radius 2 is 2.43 bits per heavy atom. The molecule has 1 rings (SSSR count). The van der Waals surface area contributed by atoms with E-state index in [0.29, 0.717) is 0 Å². The van der Waals surface area contributed by atoms with Gasteiger partial charge in [0.25, 0.3) is 0 Å². The molecule has 1 atom stereocenters. The molecule has 0 aliphatic rings. The lowest BCUT2D eigenvalue weighted by molar-refractivity contribution is 0.357. The predicted octanol–water partition coefficient (Wildman–Crippen LogP) is 2.62. The van der Waals surface area contributed by atoms with Gasteiger partial charge in [-0.15, -0.1) is 6.58 Å². The van der Waals surface area contributed by atoms with Crippen LogP contribution in [-0.4, -0.2) is 13.1 Å². The Balaban J connectivity index is 2.56. The Morgan fingerprint density at radius 3 is 2.93 bits per heavy atom. The molecule has 2 heteroatoms. The van der Waals surface area contributed by atoms with Gasteiger partial charge in [-0.25, -0.2) is 0 Å². The minimum absolute atomic E-state index is 0.0772. The van der Waals surface area contributed by atoms with Gasteiger partial charge in [-0.1, -0.05) is 19.9 Å². The second kappa shape index (κ2) is 5.01. The van der Waals surface area contributed by atoms with Crippen LogP contribution in [0.4, 0.5) is 0 Å². The van der Waals surface area contributed by atoms with Crippen molar-refractivity contribution in [3.63, 3.8) is 0 Å². The Morgan fingerprint density at radius 1 is 1.64 bits per heavy atom.